The van der Waals surface area contributed by atoms with Gasteiger partial charge in [0.15, 0.2) is 0 Å². The fourth-order valence-electron chi connectivity index (χ4n) is 2.39. The molecule has 1 fully saturated rings. The largest absolute Gasteiger partial charge is 0.409 e. The van der Waals surface area contributed by atoms with E-state index in [1.165, 1.54) is 29.0 Å². The van der Waals surface area contributed by atoms with E-state index in [4.69, 9.17) is 11.6 Å². The van der Waals surface area contributed by atoms with Gasteiger partial charge in [0.2, 0.25) is 5.92 Å². The standard InChI is InChI=1S/C15H17ClF3NO4S/c16-15(19,24-10-11-6-8-14(17,18)9-7-11)25(22,23)20-13(21)12-4-2-1-3-5-12/h1-5,11H,6-10H2,(H,20,21). The minimum atomic E-state index is -5.00. The van der Waals surface area contributed by atoms with Crippen molar-refractivity contribution >= 4 is 27.5 Å². The first-order chi connectivity index (χ1) is 11.5. The van der Waals surface area contributed by atoms with E-state index in [0.717, 1.165) is 0 Å². The lowest BCUT2D eigenvalue weighted by Crippen LogP contribution is -2.44. The summed E-state index contributed by atoms with van der Waals surface area (Å²) in [4.78, 5) is 11.8. The third kappa shape index (κ3) is 5.32. The smallest absolute Gasteiger partial charge is 0.320 e. The molecule has 1 saturated carbocycles. The van der Waals surface area contributed by atoms with Crippen molar-refractivity contribution in [2.75, 3.05) is 6.61 Å². The Kier molecular flexibility index (Phi) is 6.01. The first kappa shape index (κ1) is 20.0. The minimum absolute atomic E-state index is 0.00643. The van der Waals surface area contributed by atoms with Crippen LogP contribution in [0.4, 0.5) is 13.2 Å². The molecule has 1 aromatic rings. The molecule has 0 saturated heterocycles. The second-order valence-electron chi connectivity index (χ2n) is 5.87. The summed E-state index contributed by atoms with van der Waals surface area (Å²) in [5.41, 5.74) is -0.00643. The fraction of sp³-hybridized carbons (Fsp3) is 0.533. The topological polar surface area (TPSA) is 72.5 Å². The number of benzene rings is 1. The van der Waals surface area contributed by atoms with Crippen LogP contribution in [0.2, 0.25) is 0 Å². The lowest BCUT2D eigenvalue weighted by Gasteiger charge is -2.29. The van der Waals surface area contributed by atoms with Crippen LogP contribution in [0.3, 0.4) is 0 Å². The SMILES string of the molecule is O=C(NS(=O)(=O)C(F)(Cl)OCC1CCC(F)(F)CC1)c1ccccc1. The Labute approximate surface area is 148 Å². The van der Waals surface area contributed by atoms with Crippen molar-refractivity contribution in [3.8, 4) is 0 Å². The lowest BCUT2D eigenvalue weighted by atomic mass is 9.87. The zero-order valence-electron chi connectivity index (χ0n) is 13.1. The Morgan fingerprint density at radius 1 is 1.28 bits per heavy atom. The third-order valence-corrected chi connectivity index (χ3v) is 5.82. The molecule has 0 heterocycles. The molecule has 1 unspecified atom stereocenters. The molecule has 0 radical (unpaired) electrons. The normalized spacial score (nSPS) is 20.6. The average Bonchev–Trinajstić information content (AvgIpc) is 2.54. The van der Waals surface area contributed by atoms with Crippen molar-refractivity contribution in [3.05, 3.63) is 35.9 Å². The summed E-state index contributed by atoms with van der Waals surface area (Å²) >= 11 is 5.29. The Hall–Kier alpha value is -1.32. The van der Waals surface area contributed by atoms with Gasteiger partial charge in [0, 0.05) is 18.4 Å². The van der Waals surface area contributed by atoms with Crippen LogP contribution in [0.25, 0.3) is 0 Å². The summed E-state index contributed by atoms with van der Waals surface area (Å²) in [5.74, 6) is -4.27. The monoisotopic (exact) mass is 399 g/mol. The van der Waals surface area contributed by atoms with Crippen molar-refractivity contribution < 1.29 is 31.1 Å². The number of rotatable bonds is 6. The number of alkyl halides is 4. The van der Waals surface area contributed by atoms with E-state index in [2.05, 4.69) is 4.74 Å². The number of nitrogens with one attached hydrogen (secondary N) is 1. The molecule has 5 nitrogen and oxygen atoms in total. The van der Waals surface area contributed by atoms with E-state index in [1.807, 2.05) is 0 Å². The highest BCUT2D eigenvalue weighted by Gasteiger charge is 2.46. The van der Waals surface area contributed by atoms with Gasteiger partial charge in [0.05, 0.1) is 6.61 Å². The van der Waals surface area contributed by atoms with Gasteiger partial charge in [-0.3, -0.25) is 4.79 Å². The molecule has 0 aromatic heterocycles. The van der Waals surface area contributed by atoms with Crippen molar-refractivity contribution in [3.63, 3.8) is 0 Å². The van der Waals surface area contributed by atoms with Gasteiger partial charge in [-0.25, -0.2) is 13.5 Å². The van der Waals surface area contributed by atoms with E-state index in [9.17, 15) is 26.4 Å². The van der Waals surface area contributed by atoms with Crippen molar-refractivity contribution in [1.29, 1.82) is 0 Å². The van der Waals surface area contributed by atoms with Crippen molar-refractivity contribution in [2.45, 2.75) is 36.3 Å². The summed E-state index contributed by atoms with van der Waals surface area (Å²) in [6.07, 6.45) is -0.618. The Morgan fingerprint density at radius 3 is 2.40 bits per heavy atom. The molecule has 0 spiro atoms. The molecule has 1 aromatic carbocycles. The number of halogens is 4. The predicted molar refractivity (Wildman–Crippen MR) is 85.4 cm³/mol. The average molecular weight is 400 g/mol. The summed E-state index contributed by atoms with van der Waals surface area (Å²) in [6.45, 7) is -0.448. The summed E-state index contributed by atoms with van der Waals surface area (Å²) in [6, 6.07) is 7.29. The van der Waals surface area contributed by atoms with Crippen LogP contribution >= 0.6 is 11.6 Å². The zero-order valence-corrected chi connectivity index (χ0v) is 14.6. The molecule has 1 N–H and O–H groups in total. The quantitative estimate of drug-likeness (QED) is 0.744. The highest BCUT2D eigenvalue weighted by atomic mass is 35.5. The number of carbonyl (C=O) groups excluding carboxylic acids is 1. The summed E-state index contributed by atoms with van der Waals surface area (Å²) in [5, 5.41) is 0. The van der Waals surface area contributed by atoms with Crippen molar-refractivity contribution in [2.24, 2.45) is 5.92 Å². The number of hydrogen-bond acceptors (Lipinski definition) is 4. The van der Waals surface area contributed by atoms with Gasteiger partial charge in [-0.15, -0.1) is 0 Å². The fourth-order valence-corrected chi connectivity index (χ4v) is 3.27. The second-order valence-corrected chi connectivity index (χ2v) is 8.32. The maximum Gasteiger partial charge on any atom is 0.409 e. The maximum atomic E-state index is 14.2. The Bertz CT molecular complexity index is 703. The van der Waals surface area contributed by atoms with Crippen LogP contribution in [0, 0.1) is 5.92 Å². The molecule has 1 atom stereocenters. The summed E-state index contributed by atoms with van der Waals surface area (Å²) < 4.78 is 66.6. The van der Waals surface area contributed by atoms with Gasteiger partial charge < -0.3 is 4.74 Å². The molecule has 0 bridgehead atoms. The molecule has 25 heavy (non-hydrogen) atoms. The van der Waals surface area contributed by atoms with Crippen LogP contribution in [-0.4, -0.2) is 31.5 Å². The van der Waals surface area contributed by atoms with Gasteiger partial charge >= 0.3 is 14.7 Å². The van der Waals surface area contributed by atoms with Gasteiger partial charge in [0.1, 0.15) is 0 Å². The molecule has 1 amide bonds. The molecule has 0 aliphatic heterocycles. The van der Waals surface area contributed by atoms with Crippen LogP contribution in [0.15, 0.2) is 30.3 Å². The molecule has 140 valence electrons. The maximum absolute atomic E-state index is 14.2. The Balaban J connectivity index is 1.94. The number of ether oxygens (including phenoxy) is 1. The number of sulfonamides is 1. The van der Waals surface area contributed by atoms with E-state index < -0.39 is 39.0 Å². The van der Waals surface area contributed by atoms with E-state index in [-0.39, 0.29) is 31.2 Å². The Morgan fingerprint density at radius 2 is 1.84 bits per heavy atom. The number of amides is 1. The molecular weight excluding hydrogens is 383 g/mol. The number of carbonyl (C=O) groups is 1. The summed E-state index contributed by atoms with van der Waals surface area (Å²) in [7, 11) is -5.00. The van der Waals surface area contributed by atoms with E-state index in [1.54, 1.807) is 6.07 Å². The zero-order chi connectivity index (χ0) is 18.7. The van der Waals surface area contributed by atoms with Gasteiger partial charge in [-0.05, 0) is 42.5 Å². The second kappa shape index (κ2) is 7.51. The first-order valence-corrected chi connectivity index (χ1v) is 9.40. The van der Waals surface area contributed by atoms with Gasteiger partial charge in [0.25, 0.3) is 5.91 Å². The molecular formula is C15H17ClF3NO4S. The minimum Gasteiger partial charge on any atom is -0.320 e. The molecule has 2 rings (SSSR count). The van der Waals surface area contributed by atoms with Crippen molar-refractivity contribution in [1.82, 2.24) is 4.72 Å². The third-order valence-electron chi connectivity index (χ3n) is 3.90. The van der Waals surface area contributed by atoms with Crippen LogP contribution < -0.4 is 4.72 Å². The van der Waals surface area contributed by atoms with Gasteiger partial charge in [-0.2, -0.15) is 12.8 Å². The van der Waals surface area contributed by atoms with Crippen LogP contribution in [0.1, 0.15) is 36.0 Å². The van der Waals surface area contributed by atoms with E-state index >= 15 is 0 Å². The molecule has 10 heteroatoms. The predicted octanol–water partition coefficient (Wildman–Crippen LogP) is 3.41. The molecule has 1 aliphatic carbocycles. The highest BCUT2D eigenvalue weighted by Crippen LogP contribution is 2.37. The lowest BCUT2D eigenvalue weighted by molar-refractivity contribution is -0.0759. The van der Waals surface area contributed by atoms with Gasteiger partial charge in [-0.1, -0.05) is 18.2 Å². The molecule has 1 aliphatic rings. The van der Waals surface area contributed by atoms with E-state index in [0.29, 0.717) is 0 Å². The first-order valence-electron chi connectivity index (χ1n) is 7.54. The van der Waals surface area contributed by atoms with Crippen LogP contribution in [-0.2, 0) is 14.8 Å². The van der Waals surface area contributed by atoms with Crippen LogP contribution in [0.5, 0.6) is 0 Å². The number of hydrogen-bond donors (Lipinski definition) is 1. The highest BCUT2D eigenvalue weighted by molar-refractivity contribution is 7.92.